The number of hydrogen-bond acceptors (Lipinski definition) is 3. The van der Waals surface area contributed by atoms with Gasteiger partial charge >= 0.3 is 12.1 Å². The minimum absolute atomic E-state index is 0.370. The van der Waals surface area contributed by atoms with Crippen LogP contribution < -0.4 is 5.32 Å². The molecule has 1 unspecified atom stereocenters. The normalized spacial score (nSPS) is 14.8. The Labute approximate surface area is 95.5 Å². The van der Waals surface area contributed by atoms with E-state index in [-0.39, 0.29) is 5.92 Å². The van der Waals surface area contributed by atoms with Gasteiger partial charge in [0.05, 0.1) is 0 Å². The highest BCUT2D eigenvalue weighted by Gasteiger charge is 2.27. The van der Waals surface area contributed by atoms with Crippen LogP contribution in [0.2, 0.25) is 0 Å². The number of hydrogen-bond donors (Lipinski definition) is 2. The lowest BCUT2D eigenvalue weighted by Crippen LogP contribution is -2.46. The maximum atomic E-state index is 11.4. The van der Waals surface area contributed by atoms with E-state index >= 15 is 0 Å². The molecule has 0 radical (unpaired) electrons. The second kappa shape index (κ2) is 5.53. The van der Waals surface area contributed by atoms with Crippen LogP contribution in [0, 0.1) is 5.92 Å². The molecular formula is C11H19NO4. The summed E-state index contributed by atoms with van der Waals surface area (Å²) < 4.78 is 4.97. The maximum Gasteiger partial charge on any atom is 0.408 e. The van der Waals surface area contributed by atoms with Crippen molar-refractivity contribution in [3.05, 3.63) is 12.7 Å². The van der Waals surface area contributed by atoms with Gasteiger partial charge in [-0.3, -0.25) is 0 Å². The molecule has 0 aromatic rings. The SMILES string of the molecule is C=CC(C)[C@@H](NC(=O)OC(C)(C)C)C(=O)O. The second-order valence-electron chi connectivity index (χ2n) is 4.56. The molecule has 2 atom stereocenters. The van der Waals surface area contributed by atoms with Crippen LogP contribution in [0.1, 0.15) is 27.7 Å². The third-order valence-electron chi connectivity index (χ3n) is 1.84. The van der Waals surface area contributed by atoms with Crippen molar-refractivity contribution in [2.75, 3.05) is 0 Å². The molecule has 92 valence electrons. The summed E-state index contributed by atoms with van der Waals surface area (Å²) >= 11 is 0. The highest BCUT2D eigenvalue weighted by atomic mass is 16.6. The van der Waals surface area contributed by atoms with E-state index in [9.17, 15) is 9.59 Å². The largest absolute Gasteiger partial charge is 0.480 e. The third kappa shape index (κ3) is 5.38. The van der Waals surface area contributed by atoms with Gasteiger partial charge < -0.3 is 15.2 Å². The molecule has 0 aliphatic rings. The quantitative estimate of drug-likeness (QED) is 0.720. The summed E-state index contributed by atoms with van der Waals surface area (Å²) in [6, 6.07) is -1.02. The Balaban J connectivity index is 4.47. The van der Waals surface area contributed by atoms with Gasteiger partial charge in [0.2, 0.25) is 0 Å². The summed E-state index contributed by atoms with van der Waals surface area (Å²) in [7, 11) is 0. The van der Waals surface area contributed by atoms with Gasteiger partial charge in [0.25, 0.3) is 0 Å². The molecule has 0 aliphatic heterocycles. The van der Waals surface area contributed by atoms with E-state index in [1.54, 1.807) is 27.7 Å². The first kappa shape index (κ1) is 14.5. The lowest BCUT2D eigenvalue weighted by atomic mass is 10.0. The predicted octanol–water partition coefficient (Wildman–Crippen LogP) is 1.79. The molecule has 0 rings (SSSR count). The molecule has 16 heavy (non-hydrogen) atoms. The van der Waals surface area contributed by atoms with Crippen molar-refractivity contribution in [2.45, 2.75) is 39.3 Å². The number of aliphatic carboxylic acids is 1. The molecule has 0 aromatic carbocycles. The van der Waals surface area contributed by atoms with Gasteiger partial charge in [0, 0.05) is 5.92 Å². The Hall–Kier alpha value is -1.52. The summed E-state index contributed by atoms with van der Waals surface area (Å²) in [5.41, 5.74) is -0.648. The first-order chi connectivity index (χ1) is 7.17. The number of amides is 1. The average Bonchev–Trinajstić information content (AvgIpc) is 2.09. The molecule has 0 aromatic heterocycles. The van der Waals surface area contributed by atoms with Crippen LogP contribution >= 0.6 is 0 Å². The summed E-state index contributed by atoms with van der Waals surface area (Å²) in [6.07, 6.45) is 0.726. The van der Waals surface area contributed by atoms with Gasteiger partial charge in [-0.1, -0.05) is 13.0 Å². The Bertz CT molecular complexity index is 280. The van der Waals surface area contributed by atoms with E-state index in [0.717, 1.165) is 0 Å². The van der Waals surface area contributed by atoms with Crippen molar-refractivity contribution in [1.29, 1.82) is 0 Å². The molecule has 0 spiro atoms. The number of carbonyl (C=O) groups excluding carboxylic acids is 1. The van der Waals surface area contributed by atoms with Gasteiger partial charge in [-0.05, 0) is 20.8 Å². The maximum absolute atomic E-state index is 11.4. The van der Waals surface area contributed by atoms with Crippen LogP contribution in [0.5, 0.6) is 0 Å². The number of alkyl carbamates (subject to hydrolysis) is 1. The van der Waals surface area contributed by atoms with E-state index in [0.29, 0.717) is 0 Å². The van der Waals surface area contributed by atoms with Crippen molar-refractivity contribution in [3.8, 4) is 0 Å². The van der Waals surface area contributed by atoms with Crippen LogP contribution in [0.4, 0.5) is 4.79 Å². The lowest BCUT2D eigenvalue weighted by molar-refractivity contribution is -0.140. The zero-order valence-corrected chi connectivity index (χ0v) is 10.1. The van der Waals surface area contributed by atoms with Crippen molar-refractivity contribution < 1.29 is 19.4 Å². The average molecular weight is 229 g/mol. The summed E-state index contributed by atoms with van der Waals surface area (Å²) in [6.45, 7) is 10.3. The second-order valence-corrected chi connectivity index (χ2v) is 4.56. The monoisotopic (exact) mass is 229 g/mol. The highest BCUT2D eigenvalue weighted by Crippen LogP contribution is 2.09. The number of rotatable bonds is 4. The van der Waals surface area contributed by atoms with E-state index < -0.39 is 23.7 Å². The summed E-state index contributed by atoms with van der Waals surface area (Å²) in [5, 5.41) is 11.2. The van der Waals surface area contributed by atoms with Crippen molar-refractivity contribution in [3.63, 3.8) is 0 Å². The number of nitrogens with one attached hydrogen (secondary N) is 1. The van der Waals surface area contributed by atoms with Crippen LogP contribution in [0.25, 0.3) is 0 Å². The molecule has 5 nitrogen and oxygen atoms in total. The zero-order valence-electron chi connectivity index (χ0n) is 10.1. The number of carboxylic acid groups (broad SMARTS) is 1. The van der Waals surface area contributed by atoms with E-state index in [4.69, 9.17) is 9.84 Å². The van der Waals surface area contributed by atoms with Gasteiger partial charge in [-0.25, -0.2) is 9.59 Å². The first-order valence-electron chi connectivity index (χ1n) is 5.02. The zero-order chi connectivity index (χ0) is 12.9. The molecule has 2 N–H and O–H groups in total. The fraction of sp³-hybridized carbons (Fsp3) is 0.636. The Morgan fingerprint density at radius 1 is 1.44 bits per heavy atom. The van der Waals surface area contributed by atoms with Crippen LogP contribution in [0.3, 0.4) is 0 Å². The smallest absolute Gasteiger partial charge is 0.408 e. The summed E-state index contributed by atoms with van der Waals surface area (Å²) in [5.74, 6) is -1.48. The molecular weight excluding hydrogens is 210 g/mol. The van der Waals surface area contributed by atoms with Crippen molar-refractivity contribution in [1.82, 2.24) is 5.32 Å². The molecule has 0 fully saturated rings. The number of carbonyl (C=O) groups is 2. The highest BCUT2D eigenvalue weighted by molar-refractivity contribution is 5.80. The topological polar surface area (TPSA) is 75.6 Å². The first-order valence-corrected chi connectivity index (χ1v) is 5.02. The molecule has 0 heterocycles. The van der Waals surface area contributed by atoms with E-state index in [1.807, 2.05) is 0 Å². The Kier molecular flexibility index (Phi) is 5.01. The minimum atomic E-state index is -1.11. The molecule has 1 amide bonds. The molecule has 5 heteroatoms. The summed E-state index contributed by atoms with van der Waals surface area (Å²) in [4.78, 5) is 22.2. The van der Waals surface area contributed by atoms with Gasteiger partial charge in [-0.15, -0.1) is 6.58 Å². The van der Waals surface area contributed by atoms with Crippen molar-refractivity contribution in [2.24, 2.45) is 5.92 Å². The Morgan fingerprint density at radius 2 is 1.94 bits per heavy atom. The number of carboxylic acids is 1. The van der Waals surface area contributed by atoms with E-state index in [2.05, 4.69) is 11.9 Å². The fourth-order valence-corrected chi connectivity index (χ4v) is 0.989. The van der Waals surface area contributed by atoms with Crippen molar-refractivity contribution >= 4 is 12.1 Å². The van der Waals surface area contributed by atoms with Gasteiger partial charge in [-0.2, -0.15) is 0 Å². The number of ether oxygens (including phenoxy) is 1. The predicted molar refractivity (Wildman–Crippen MR) is 60.2 cm³/mol. The third-order valence-corrected chi connectivity index (χ3v) is 1.84. The fourth-order valence-electron chi connectivity index (χ4n) is 0.989. The lowest BCUT2D eigenvalue weighted by Gasteiger charge is -2.23. The van der Waals surface area contributed by atoms with Gasteiger partial charge in [0.15, 0.2) is 0 Å². The van der Waals surface area contributed by atoms with E-state index in [1.165, 1.54) is 6.08 Å². The Morgan fingerprint density at radius 3 is 2.25 bits per heavy atom. The molecule has 0 bridgehead atoms. The van der Waals surface area contributed by atoms with Crippen LogP contribution in [-0.2, 0) is 9.53 Å². The molecule has 0 aliphatic carbocycles. The molecule has 0 saturated heterocycles. The van der Waals surface area contributed by atoms with Crippen LogP contribution in [-0.4, -0.2) is 28.8 Å². The molecule has 0 saturated carbocycles. The van der Waals surface area contributed by atoms with Crippen LogP contribution in [0.15, 0.2) is 12.7 Å². The van der Waals surface area contributed by atoms with Gasteiger partial charge in [0.1, 0.15) is 11.6 Å². The standard InChI is InChI=1S/C11H19NO4/c1-6-7(2)8(9(13)14)12-10(15)16-11(3,4)5/h6-8H,1H2,2-5H3,(H,12,15)(H,13,14)/t7?,8-/m1/s1. The minimum Gasteiger partial charge on any atom is -0.480 e.